The van der Waals surface area contributed by atoms with Gasteiger partial charge in [-0.05, 0) is 12.8 Å². The summed E-state index contributed by atoms with van der Waals surface area (Å²) in [5, 5.41) is 13.0. The van der Waals surface area contributed by atoms with Crippen LogP contribution in [0.5, 0.6) is 0 Å². The van der Waals surface area contributed by atoms with Crippen LogP contribution in [0.25, 0.3) is 0 Å². The van der Waals surface area contributed by atoms with Crippen LogP contribution in [-0.4, -0.2) is 27.9 Å². The number of anilines is 1. The number of carboxylic acid groups (broad SMARTS) is 1. The number of nitrogens with one attached hydrogen (secondary N) is 1. The van der Waals surface area contributed by atoms with E-state index in [4.69, 9.17) is 5.11 Å². The fourth-order valence-electron chi connectivity index (χ4n) is 2.11. The zero-order chi connectivity index (χ0) is 14.8. The lowest BCUT2D eigenvalue weighted by atomic mass is 9.86. The zero-order valence-electron chi connectivity index (χ0n) is 10.6. The topological polar surface area (TPSA) is 79.3 Å². The molecule has 1 fully saturated rings. The second kappa shape index (κ2) is 5.82. The van der Waals surface area contributed by atoms with Crippen molar-refractivity contribution in [3.63, 3.8) is 0 Å². The van der Waals surface area contributed by atoms with Crippen molar-refractivity contribution in [1.82, 2.24) is 4.98 Å². The number of aliphatic carboxylic acids is 1. The van der Waals surface area contributed by atoms with Crippen LogP contribution in [0, 0.1) is 5.92 Å². The first-order chi connectivity index (χ1) is 9.35. The van der Waals surface area contributed by atoms with Gasteiger partial charge in [-0.2, -0.15) is 0 Å². The molecule has 2 rings (SSSR count). The van der Waals surface area contributed by atoms with Crippen molar-refractivity contribution in [2.45, 2.75) is 38.0 Å². The molecule has 20 heavy (non-hydrogen) atoms. The number of hydrogen-bond acceptors (Lipinski definition) is 4. The van der Waals surface area contributed by atoms with Crippen molar-refractivity contribution in [3.05, 3.63) is 11.1 Å². The van der Waals surface area contributed by atoms with Crippen LogP contribution in [0.3, 0.4) is 0 Å². The maximum absolute atomic E-state index is 13.0. The first-order valence-corrected chi connectivity index (χ1v) is 7.08. The fourth-order valence-corrected chi connectivity index (χ4v) is 2.82. The molecule has 0 unspecified atom stereocenters. The van der Waals surface area contributed by atoms with Gasteiger partial charge >= 0.3 is 5.97 Å². The minimum atomic E-state index is -2.66. The first kappa shape index (κ1) is 14.8. The van der Waals surface area contributed by atoms with E-state index in [1.54, 1.807) is 5.38 Å². The molecule has 5 nitrogen and oxygen atoms in total. The Bertz CT molecular complexity index is 509. The van der Waals surface area contributed by atoms with Crippen molar-refractivity contribution < 1.29 is 23.5 Å². The number of carbonyl (C=O) groups excluding carboxylic acids is 1. The van der Waals surface area contributed by atoms with Gasteiger partial charge in [-0.3, -0.25) is 9.59 Å². The molecule has 0 bridgehead atoms. The molecule has 0 atom stereocenters. The molecule has 0 saturated heterocycles. The minimum absolute atomic E-state index is 0.159. The number of alkyl halides is 2. The van der Waals surface area contributed by atoms with Gasteiger partial charge in [0, 0.05) is 24.1 Å². The Labute approximate surface area is 118 Å². The minimum Gasteiger partial charge on any atom is -0.481 e. The highest BCUT2D eigenvalue weighted by molar-refractivity contribution is 7.13. The Morgan fingerprint density at radius 3 is 2.70 bits per heavy atom. The molecule has 2 N–H and O–H groups in total. The van der Waals surface area contributed by atoms with Crippen molar-refractivity contribution >= 4 is 28.3 Å². The Balaban J connectivity index is 1.88. The number of nitrogens with zero attached hydrogens (tertiary/aromatic N) is 1. The summed E-state index contributed by atoms with van der Waals surface area (Å²) in [6.45, 7) is 0. The van der Waals surface area contributed by atoms with E-state index in [1.807, 2.05) is 0 Å². The first-order valence-electron chi connectivity index (χ1n) is 6.20. The molecule has 0 radical (unpaired) electrons. The number of carbonyl (C=O) groups is 2. The molecule has 0 aliphatic heterocycles. The van der Waals surface area contributed by atoms with Gasteiger partial charge in [0.15, 0.2) is 5.13 Å². The van der Waals surface area contributed by atoms with Gasteiger partial charge in [0.2, 0.25) is 11.8 Å². The average Bonchev–Trinajstić information content (AvgIpc) is 2.75. The van der Waals surface area contributed by atoms with E-state index in [-0.39, 0.29) is 38.0 Å². The summed E-state index contributed by atoms with van der Waals surface area (Å²) in [6.07, 6.45) is -0.430. The van der Waals surface area contributed by atoms with E-state index in [2.05, 4.69) is 10.3 Å². The van der Waals surface area contributed by atoms with Gasteiger partial charge < -0.3 is 10.4 Å². The molecule has 0 spiro atoms. The molecule has 110 valence electrons. The third kappa shape index (κ3) is 3.96. The molecule has 1 amide bonds. The second-order valence-corrected chi connectivity index (χ2v) is 5.69. The van der Waals surface area contributed by atoms with Crippen LogP contribution >= 0.6 is 11.3 Å². The highest BCUT2D eigenvalue weighted by Crippen LogP contribution is 2.36. The average molecular weight is 304 g/mol. The zero-order valence-corrected chi connectivity index (χ0v) is 11.4. The Morgan fingerprint density at radius 1 is 1.45 bits per heavy atom. The number of halogens is 2. The third-order valence-corrected chi connectivity index (χ3v) is 4.01. The summed E-state index contributed by atoms with van der Waals surface area (Å²) in [4.78, 5) is 26.4. The molecular weight excluding hydrogens is 290 g/mol. The smallest absolute Gasteiger partial charge is 0.309 e. The lowest BCUT2D eigenvalue weighted by Crippen LogP contribution is -2.31. The molecule has 1 heterocycles. The number of rotatable bonds is 4. The van der Waals surface area contributed by atoms with E-state index in [0.29, 0.717) is 10.8 Å². The Morgan fingerprint density at radius 2 is 2.10 bits per heavy atom. The summed E-state index contributed by atoms with van der Waals surface area (Å²) in [7, 11) is 0. The maximum Gasteiger partial charge on any atom is 0.309 e. The van der Waals surface area contributed by atoms with E-state index in [1.165, 1.54) is 0 Å². The Kier molecular flexibility index (Phi) is 4.32. The van der Waals surface area contributed by atoms with Crippen molar-refractivity contribution in [2.75, 3.05) is 5.32 Å². The van der Waals surface area contributed by atoms with Gasteiger partial charge in [0.25, 0.3) is 0 Å². The van der Waals surface area contributed by atoms with Crippen LogP contribution < -0.4 is 5.32 Å². The number of carboxylic acids is 1. The highest BCUT2D eigenvalue weighted by atomic mass is 32.1. The number of hydrogen-bond donors (Lipinski definition) is 2. The van der Waals surface area contributed by atoms with Crippen LogP contribution in [0.1, 0.15) is 31.4 Å². The summed E-state index contributed by atoms with van der Waals surface area (Å²) < 4.78 is 26.0. The van der Waals surface area contributed by atoms with Gasteiger partial charge in [-0.1, -0.05) is 0 Å². The largest absolute Gasteiger partial charge is 0.481 e. The lowest BCUT2D eigenvalue weighted by molar-refractivity contribution is -0.136. The van der Waals surface area contributed by atoms with Gasteiger partial charge in [-0.15, -0.1) is 11.3 Å². The Hall–Kier alpha value is -1.57. The quantitative estimate of drug-likeness (QED) is 0.896. The van der Waals surface area contributed by atoms with Crippen LogP contribution in [-0.2, 0) is 16.0 Å². The summed E-state index contributed by atoms with van der Waals surface area (Å²) >= 11 is 1.13. The SMILES string of the molecule is O=C(O)Cc1csc(NC(=O)C2CCC(F)(F)CC2)n1. The molecule has 1 aliphatic rings. The normalized spacial score (nSPS) is 18.7. The molecule has 1 aromatic rings. The monoisotopic (exact) mass is 304 g/mol. The van der Waals surface area contributed by atoms with Crippen LogP contribution in [0.15, 0.2) is 5.38 Å². The van der Waals surface area contributed by atoms with E-state index < -0.39 is 17.8 Å². The third-order valence-electron chi connectivity index (χ3n) is 3.20. The number of thiazole rings is 1. The molecule has 1 aromatic heterocycles. The van der Waals surface area contributed by atoms with Crippen molar-refractivity contribution in [1.29, 1.82) is 0 Å². The fraction of sp³-hybridized carbons (Fsp3) is 0.583. The van der Waals surface area contributed by atoms with Crippen LogP contribution in [0.4, 0.5) is 13.9 Å². The second-order valence-electron chi connectivity index (χ2n) is 4.83. The molecular formula is C12H14F2N2O3S. The maximum atomic E-state index is 13.0. The molecule has 1 saturated carbocycles. The van der Waals surface area contributed by atoms with Crippen LogP contribution in [0.2, 0.25) is 0 Å². The predicted molar refractivity (Wildman–Crippen MR) is 69.0 cm³/mol. The summed E-state index contributed by atoms with van der Waals surface area (Å²) in [6, 6.07) is 0. The van der Waals surface area contributed by atoms with Crippen molar-refractivity contribution in [3.8, 4) is 0 Å². The van der Waals surface area contributed by atoms with E-state index >= 15 is 0 Å². The molecule has 8 heteroatoms. The number of aromatic nitrogens is 1. The summed E-state index contributed by atoms with van der Waals surface area (Å²) in [5.74, 6) is -4.41. The predicted octanol–water partition coefficient (Wildman–Crippen LogP) is 2.53. The molecule has 0 aromatic carbocycles. The van der Waals surface area contributed by atoms with Gasteiger partial charge in [-0.25, -0.2) is 13.8 Å². The van der Waals surface area contributed by atoms with Gasteiger partial charge in [0.1, 0.15) is 0 Å². The standard InChI is InChI=1S/C12H14F2N2O3S/c13-12(14)3-1-7(2-4-12)10(19)16-11-15-8(6-20-11)5-9(17)18/h6-7H,1-5H2,(H,17,18)(H,15,16,19). The molecule has 1 aliphatic carbocycles. The number of amides is 1. The highest BCUT2D eigenvalue weighted by Gasteiger charge is 2.37. The lowest BCUT2D eigenvalue weighted by Gasteiger charge is -2.27. The van der Waals surface area contributed by atoms with E-state index in [9.17, 15) is 18.4 Å². The summed E-state index contributed by atoms with van der Waals surface area (Å²) in [5.41, 5.74) is 0.368. The van der Waals surface area contributed by atoms with Gasteiger partial charge in [0.05, 0.1) is 12.1 Å². The van der Waals surface area contributed by atoms with Crippen molar-refractivity contribution in [2.24, 2.45) is 5.92 Å². The van der Waals surface area contributed by atoms with E-state index in [0.717, 1.165) is 11.3 Å².